The molecule has 0 saturated carbocycles. The minimum absolute atomic E-state index is 1.10. The van der Waals surface area contributed by atoms with E-state index in [0.717, 1.165) is 11.4 Å². The van der Waals surface area contributed by atoms with Crippen molar-refractivity contribution in [1.82, 2.24) is 10.6 Å². The molecule has 0 atom stereocenters. The Kier molecular flexibility index (Phi) is 1.82. The molecule has 0 saturated heterocycles. The first-order valence-corrected chi connectivity index (χ1v) is 3.90. The summed E-state index contributed by atoms with van der Waals surface area (Å²) in [7, 11) is 0. The monoisotopic (exact) mass is 158 g/mol. The number of allylic oxidation sites excluding steroid dienone is 6. The number of hydrogen-bond donors (Lipinski definition) is 2. The second-order valence-corrected chi connectivity index (χ2v) is 2.55. The fourth-order valence-electron chi connectivity index (χ4n) is 1.12. The maximum Gasteiger partial charge on any atom is 0.0618 e. The molecule has 0 aromatic heterocycles. The zero-order chi connectivity index (χ0) is 8.23. The zero-order valence-electron chi connectivity index (χ0n) is 6.62. The van der Waals surface area contributed by atoms with Crippen LogP contribution in [0.1, 0.15) is 0 Å². The van der Waals surface area contributed by atoms with Crippen LogP contribution in [0, 0.1) is 0 Å². The molecule has 0 radical (unpaired) electrons. The predicted octanol–water partition coefficient (Wildman–Crippen LogP) is 1.54. The van der Waals surface area contributed by atoms with Gasteiger partial charge in [-0.3, -0.25) is 0 Å². The van der Waals surface area contributed by atoms with Crippen LogP contribution in [0.25, 0.3) is 0 Å². The minimum Gasteiger partial charge on any atom is -0.360 e. The molecule has 12 heavy (non-hydrogen) atoms. The topological polar surface area (TPSA) is 24.1 Å². The van der Waals surface area contributed by atoms with Crippen LogP contribution in [-0.2, 0) is 0 Å². The lowest BCUT2D eigenvalue weighted by Gasteiger charge is -2.12. The van der Waals surface area contributed by atoms with Gasteiger partial charge >= 0.3 is 0 Å². The summed E-state index contributed by atoms with van der Waals surface area (Å²) >= 11 is 0. The van der Waals surface area contributed by atoms with E-state index in [1.165, 1.54) is 0 Å². The fourth-order valence-corrected chi connectivity index (χ4v) is 1.12. The molecule has 2 heteroatoms. The zero-order valence-corrected chi connectivity index (χ0v) is 6.62. The van der Waals surface area contributed by atoms with Crippen LogP contribution in [0.4, 0.5) is 0 Å². The second kappa shape index (κ2) is 3.13. The summed E-state index contributed by atoms with van der Waals surface area (Å²) in [6, 6.07) is 0. The van der Waals surface area contributed by atoms with Crippen molar-refractivity contribution < 1.29 is 0 Å². The molecule has 0 aliphatic carbocycles. The van der Waals surface area contributed by atoms with Gasteiger partial charge in [-0.1, -0.05) is 12.2 Å². The summed E-state index contributed by atoms with van der Waals surface area (Å²) in [5.41, 5.74) is 2.19. The highest BCUT2D eigenvalue weighted by Crippen LogP contribution is 2.07. The Balaban J connectivity index is 2.25. The molecule has 0 bridgehead atoms. The van der Waals surface area contributed by atoms with E-state index in [4.69, 9.17) is 0 Å². The van der Waals surface area contributed by atoms with Gasteiger partial charge in [-0.15, -0.1) is 0 Å². The first kappa shape index (κ1) is 6.98. The van der Waals surface area contributed by atoms with Gasteiger partial charge in [-0.25, -0.2) is 0 Å². The van der Waals surface area contributed by atoms with E-state index in [1.807, 2.05) is 48.9 Å². The van der Waals surface area contributed by atoms with E-state index in [0.29, 0.717) is 0 Å². The van der Waals surface area contributed by atoms with Crippen molar-refractivity contribution in [2.75, 3.05) is 0 Å². The Hall–Kier alpha value is -1.70. The van der Waals surface area contributed by atoms with Crippen molar-refractivity contribution in [3.63, 3.8) is 0 Å². The summed E-state index contributed by atoms with van der Waals surface area (Å²) in [5, 5.41) is 6.31. The number of rotatable bonds is 0. The summed E-state index contributed by atoms with van der Waals surface area (Å²) in [5.74, 6) is 0. The third-order valence-electron chi connectivity index (χ3n) is 1.71. The summed E-state index contributed by atoms with van der Waals surface area (Å²) in [4.78, 5) is 0. The van der Waals surface area contributed by atoms with Crippen LogP contribution in [0.15, 0.2) is 60.3 Å². The Morgan fingerprint density at radius 1 is 0.667 bits per heavy atom. The van der Waals surface area contributed by atoms with Crippen molar-refractivity contribution in [3.8, 4) is 0 Å². The van der Waals surface area contributed by atoms with E-state index in [9.17, 15) is 0 Å². The maximum absolute atomic E-state index is 3.15. The SMILES string of the molecule is C1=CNC(=C2C=CC=CN2)C=C1. The van der Waals surface area contributed by atoms with Gasteiger partial charge in [-0.05, 0) is 24.3 Å². The van der Waals surface area contributed by atoms with E-state index in [-0.39, 0.29) is 0 Å². The first-order chi connectivity index (χ1) is 5.97. The lowest BCUT2D eigenvalue weighted by Crippen LogP contribution is -2.15. The van der Waals surface area contributed by atoms with Gasteiger partial charge in [0, 0.05) is 12.4 Å². The molecule has 0 aromatic carbocycles. The fraction of sp³-hybridized carbons (Fsp3) is 0. The van der Waals surface area contributed by atoms with Gasteiger partial charge in [0.15, 0.2) is 0 Å². The summed E-state index contributed by atoms with van der Waals surface area (Å²) in [6.45, 7) is 0. The highest BCUT2D eigenvalue weighted by Gasteiger charge is 2.00. The molecule has 2 aliphatic rings. The van der Waals surface area contributed by atoms with Crippen molar-refractivity contribution in [2.45, 2.75) is 0 Å². The van der Waals surface area contributed by atoms with Crippen LogP contribution in [0.2, 0.25) is 0 Å². The van der Waals surface area contributed by atoms with E-state index >= 15 is 0 Å². The van der Waals surface area contributed by atoms with Gasteiger partial charge < -0.3 is 10.6 Å². The molecule has 2 aliphatic heterocycles. The third-order valence-corrected chi connectivity index (χ3v) is 1.71. The van der Waals surface area contributed by atoms with Gasteiger partial charge in [0.25, 0.3) is 0 Å². The third kappa shape index (κ3) is 1.32. The summed E-state index contributed by atoms with van der Waals surface area (Å²) < 4.78 is 0. The van der Waals surface area contributed by atoms with Crippen LogP contribution in [0.5, 0.6) is 0 Å². The van der Waals surface area contributed by atoms with Gasteiger partial charge in [-0.2, -0.15) is 0 Å². The molecule has 0 spiro atoms. The summed E-state index contributed by atoms with van der Waals surface area (Å²) in [6.07, 6.45) is 15.8. The average molecular weight is 158 g/mol. The first-order valence-electron chi connectivity index (χ1n) is 3.90. The molecule has 0 fully saturated rings. The van der Waals surface area contributed by atoms with E-state index in [1.54, 1.807) is 0 Å². The molecule has 0 aromatic rings. The van der Waals surface area contributed by atoms with E-state index < -0.39 is 0 Å². The Bertz CT molecular complexity index is 285. The molecular weight excluding hydrogens is 148 g/mol. The molecule has 2 N–H and O–H groups in total. The Morgan fingerprint density at radius 2 is 1.17 bits per heavy atom. The van der Waals surface area contributed by atoms with Crippen LogP contribution in [0.3, 0.4) is 0 Å². The quantitative estimate of drug-likeness (QED) is 0.559. The molecule has 0 unspecified atom stereocenters. The Morgan fingerprint density at radius 3 is 1.50 bits per heavy atom. The minimum atomic E-state index is 1.10. The van der Waals surface area contributed by atoms with Crippen LogP contribution in [-0.4, -0.2) is 0 Å². The second-order valence-electron chi connectivity index (χ2n) is 2.55. The molecule has 2 heterocycles. The predicted molar refractivity (Wildman–Crippen MR) is 49.9 cm³/mol. The number of nitrogens with one attached hydrogen (secondary N) is 2. The van der Waals surface area contributed by atoms with Gasteiger partial charge in [0.1, 0.15) is 0 Å². The number of hydrogen-bond acceptors (Lipinski definition) is 2. The van der Waals surface area contributed by atoms with Crippen molar-refractivity contribution >= 4 is 0 Å². The average Bonchev–Trinajstić information content (AvgIpc) is 2.21. The van der Waals surface area contributed by atoms with Gasteiger partial charge in [0.05, 0.1) is 11.4 Å². The molecule has 60 valence electrons. The number of dihydropyridines is 2. The molecule has 2 rings (SSSR count). The maximum atomic E-state index is 3.15. The lowest BCUT2D eigenvalue weighted by molar-refractivity contribution is 0.988. The van der Waals surface area contributed by atoms with Gasteiger partial charge in [0.2, 0.25) is 0 Å². The van der Waals surface area contributed by atoms with Crippen molar-refractivity contribution in [2.24, 2.45) is 0 Å². The highest BCUT2D eigenvalue weighted by molar-refractivity contribution is 5.39. The molecular formula is C10H10N2. The Labute approximate surface area is 71.7 Å². The van der Waals surface area contributed by atoms with Crippen molar-refractivity contribution in [3.05, 3.63) is 60.3 Å². The smallest absolute Gasteiger partial charge is 0.0618 e. The highest BCUT2D eigenvalue weighted by atomic mass is 14.9. The normalized spacial score (nSPS) is 25.3. The standard InChI is InChI=1S/C10H10N2/c1-3-7-11-9(5-1)10-6-2-4-8-12-10/h1-8,11-12H. The largest absolute Gasteiger partial charge is 0.360 e. The van der Waals surface area contributed by atoms with Crippen LogP contribution < -0.4 is 10.6 Å². The van der Waals surface area contributed by atoms with E-state index in [2.05, 4.69) is 10.6 Å². The van der Waals surface area contributed by atoms with Crippen molar-refractivity contribution in [1.29, 1.82) is 0 Å². The molecule has 2 nitrogen and oxygen atoms in total. The molecule has 0 amide bonds. The van der Waals surface area contributed by atoms with Crippen LogP contribution >= 0.6 is 0 Å². The lowest BCUT2D eigenvalue weighted by atomic mass is 10.2.